The molecule has 1 saturated carbocycles. The van der Waals surface area contributed by atoms with E-state index in [9.17, 15) is 14.9 Å². The average Bonchev–Trinajstić information content (AvgIpc) is 2.97. The second-order valence-corrected chi connectivity index (χ2v) is 5.38. The van der Waals surface area contributed by atoms with Crippen molar-refractivity contribution in [3.63, 3.8) is 0 Å². The first-order valence-corrected chi connectivity index (χ1v) is 6.95. The molecule has 0 atom stereocenters. The highest BCUT2D eigenvalue weighted by molar-refractivity contribution is 5.93. The summed E-state index contributed by atoms with van der Waals surface area (Å²) in [4.78, 5) is 21.3. The number of anilines is 1. The zero-order valence-electron chi connectivity index (χ0n) is 11.6. The van der Waals surface area contributed by atoms with Gasteiger partial charge in [-0.3, -0.25) is 14.9 Å². The van der Waals surface area contributed by atoms with Gasteiger partial charge in [0.25, 0.3) is 0 Å². The van der Waals surface area contributed by atoms with Crippen LogP contribution in [0.1, 0.15) is 25.7 Å². The van der Waals surface area contributed by atoms with Crippen LogP contribution in [0.15, 0.2) is 16.8 Å². The largest absolute Gasteiger partial charge is 0.481 e. The molecule has 116 valence electrons. The molecule has 0 bridgehead atoms. The molecule has 1 heterocycles. The van der Waals surface area contributed by atoms with Crippen molar-refractivity contribution in [3.05, 3.63) is 22.2 Å². The summed E-state index contributed by atoms with van der Waals surface area (Å²) >= 11 is 0. The number of carbonyl (C=O) groups is 1. The number of nitro benzene ring substituents is 1. The molecule has 9 nitrogen and oxygen atoms in total. The van der Waals surface area contributed by atoms with Gasteiger partial charge >= 0.3 is 11.7 Å². The number of non-ortho nitro benzene ring substituents is 1. The minimum absolute atomic E-state index is 0.106. The number of hydrogen-bond donors (Lipinski definition) is 2. The number of rotatable bonds is 4. The van der Waals surface area contributed by atoms with E-state index in [2.05, 4.69) is 20.3 Å². The Balaban J connectivity index is 1.78. The fourth-order valence-electron chi connectivity index (χ4n) is 2.82. The maximum Gasteiger partial charge on any atom is 0.306 e. The molecule has 1 aromatic heterocycles. The summed E-state index contributed by atoms with van der Waals surface area (Å²) < 4.78 is 4.61. The number of nitrogens with zero attached hydrogens (tertiary/aromatic N) is 3. The number of hydrogen-bond acceptors (Lipinski definition) is 7. The topological polar surface area (TPSA) is 131 Å². The van der Waals surface area contributed by atoms with Gasteiger partial charge in [-0.05, 0) is 42.1 Å². The number of carboxylic acids is 1. The van der Waals surface area contributed by atoms with Crippen molar-refractivity contribution in [1.29, 1.82) is 0 Å². The lowest BCUT2D eigenvalue weighted by molar-refractivity contribution is -0.383. The molecule has 1 aromatic carbocycles. The lowest BCUT2D eigenvalue weighted by Crippen LogP contribution is -2.29. The van der Waals surface area contributed by atoms with Gasteiger partial charge < -0.3 is 10.4 Å². The van der Waals surface area contributed by atoms with Crippen molar-refractivity contribution in [2.24, 2.45) is 5.92 Å². The third-order valence-electron chi connectivity index (χ3n) is 4.03. The quantitative estimate of drug-likeness (QED) is 0.649. The number of fused-ring (bicyclic) bond motifs is 1. The summed E-state index contributed by atoms with van der Waals surface area (Å²) in [6, 6.07) is 3.04. The van der Waals surface area contributed by atoms with Gasteiger partial charge in [-0.2, -0.15) is 0 Å². The molecule has 0 unspecified atom stereocenters. The van der Waals surface area contributed by atoms with E-state index >= 15 is 0 Å². The van der Waals surface area contributed by atoms with E-state index in [1.807, 2.05) is 0 Å². The number of nitrogens with one attached hydrogen (secondary N) is 1. The van der Waals surface area contributed by atoms with E-state index in [1.165, 1.54) is 6.07 Å². The van der Waals surface area contributed by atoms with Crippen LogP contribution >= 0.6 is 0 Å². The second-order valence-electron chi connectivity index (χ2n) is 5.38. The van der Waals surface area contributed by atoms with Gasteiger partial charge in [0.1, 0.15) is 0 Å². The summed E-state index contributed by atoms with van der Waals surface area (Å²) in [6.45, 7) is 0. The van der Waals surface area contributed by atoms with Crippen LogP contribution in [0.5, 0.6) is 0 Å². The number of carboxylic acid groups (broad SMARTS) is 1. The van der Waals surface area contributed by atoms with Gasteiger partial charge in [-0.1, -0.05) is 0 Å². The molecule has 9 heteroatoms. The van der Waals surface area contributed by atoms with Gasteiger partial charge in [-0.15, -0.1) is 0 Å². The molecule has 3 rings (SSSR count). The molecule has 0 amide bonds. The fourth-order valence-corrected chi connectivity index (χ4v) is 2.82. The molecule has 22 heavy (non-hydrogen) atoms. The lowest BCUT2D eigenvalue weighted by atomic mass is 9.86. The van der Waals surface area contributed by atoms with E-state index in [-0.39, 0.29) is 23.2 Å². The van der Waals surface area contributed by atoms with Gasteiger partial charge in [0.2, 0.25) is 5.52 Å². The minimum atomic E-state index is -0.753. The van der Waals surface area contributed by atoms with Gasteiger partial charge in [0, 0.05) is 12.1 Å². The Hall–Kier alpha value is -2.71. The molecule has 0 saturated heterocycles. The molecule has 0 radical (unpaired) electrons. The summed E-state index contributed by atoms with van der Waals surface area (Å²) in [5.74, 6) is -1.04. The molecular weight excluding hydrogens is 292 g/mol. The van der Waals surface area contributed by atoms with E-state index in [4.69, 9.17) is 5.11 Å². The highest BCUT2D eigenvalue weighted by atomic mass is 16.6. The number of nitro groups is 1. The fraction of sp³-hybridized carbons (Fsp3) is 0.462. The van der Waals surface area contributed by atoms with E-state index in [0.29, 0.717) is 24.0 Å². The summed E-state index contributed by atoms with van der Waals surface area (Å²) in [7, 11) is 0. The standard InChI is InChI=1S/C13H14N4O5/c18-13(19)7-1-3-8(4-2-7)14-9-5-6-10(17(20)21)12-11(9)15-22-16-12/h5-8,14H,1-4H2,(H,18,19). The summed E-state index contributed by atoms with van der Waals surface area (Å²) in [5.41, 5.74) is 0.876. The third-order valence-corrected chi connectivity index (χ3v) is 4.03. The van der Waals surface area contributed by atoms with Crippen molar-refractivity contribution >= 4 is 28.4 Å². The molecule has 1 aliphatic rings. The van der Waals surface area contributed by atoms with Crippen molar-refractivity contribution in [1.82, 2.24) is 10.3 Å². The SMILES string of the molecule is O=C(O)C1CCC(Nc2ccc([N+](=O)[O-])c3nonc23)CC1. The van der Waals surface area contributed by atoms with Gasteiger partial charge in [0.15, 0.2) is 5.52 Å². The smallest absolute Gasteiger partial charge is 0.306 e. The third kappa shape index (κ3) is 2.57. The van der Waals surface area contributed by atoms with Crippen LogP contribution in [-0.4, -0.2) is 32.4 Å². The monoisotopic (exact) mass is 306 g/mol. The first-order chi connectivity index (χ1) is 10.6. The average molecular weight is 306 g/mol. The van der Waals surface area contributed by atoms with Crippen LogP contribution < -0.4 is 5.32 Å². The van der Waals surface area contributed by atoms with Crippen LogP contribution in [0, 0.1) is 16.0 Å². The predicted molar refractivity (Wildman–Crippen MR) is 75.5 cm³/mol. The molecule has 0 aliphatic heterocycles. The number of benzene rings is 1. The molecule has 2 aromatic rings. The van der Waals surface area contributed by atoms with Crippen LogP contribution in [0.3, 0.4) is 0 Å². The second kappa shape index (κ2) is 5.58. The predicted octanol–water partition coefficient (Wildman–Crippen LogP) is 2.19. The van der Waals surface area contributed by atoms with Crippen LogP contribution in [0.2, 0.25) is 0 Å². The Kier molecular flexibility index (Phi) is 3.61. The van der Waals surface area contributed by atoms with Crippen molar-refractivity contribution in [3.8, 4) is 0 Å². The van der Waals surface area contributed by atoms with E-state index in [0.717, 1.165) is 12.8 Å². The van der Waals surface area contributed by atoms with E-state index < -0.39 is 10.9 Å². The summed E-state index contributed by atoms with van der Waals surface area (Å²) in [6.07, 6.45) is 2.67. The first kappa shape index (κ1) is 14.2. The van der Waals surface area contributed by atoms with Crippen molar-refractivity contribution in [2.45, 2.75) is 31.7 Å². The first-order valence-electron chi connectivity index (χ1n) is 6.95. The Labute approximate surface area is 124 Å². The number of aromatic nitrogens is 2. The Bertz CT molecular complexity index is 720. The van der Waals surface area contributed by atoms with Gasteiger partial charge in [-0.25, -0.2) is 4.63 Å². The highest BCUT2D eigenvalue weighted by Gasteiger charge is 2.27. The maximum absolute atomic E-state index is 10.9. The summed E-state index contributed by atoms with van der Waals surface area (Å²) in [5, 5.41) is 30.5. The van der Waals surface area contributed by atoms with Crippen LogP contribution in [0.4, 0.5) is 11.4 Å². The van der Waals surface area contributed by atoms with E-state index in [1.54, 1.807) is 6.07 Å². The Morgan fingerprint density at radius 2 is 1.95 bits per heavy atom. The molecule has 1 fully saturated rings. The van der Waals surface area contributed by atoms with Crippen molar-refractivity contribution in [2.75, 3.05) is 5.32 Å². The zero-order chi connectivity index (χ0) is 15.7. The highest BCUT2D eigenvalue weighted by Crippen LogP contribution is 2.32. The minimum Gasteiger partial charge on any atom is -0.481 e. The van der Waals surface area contributed by atoms with Crippen molar-refractivity contribution < 1.29 is 19.5 Å². The normalized spacial score (nSPS) is 21.6. The molecule has 1 aliphatic carbocycles. The molecule has 0 spiro atoms. The van der Waals surface area contributed by atoms with Gasteiger partial charge in [0.05, 0.1) is 16.5 Å². The Morgan fingerprint density at radius 1 is 1.27 bits per heavy atom. The molecular formula is C13H14N4O5. The maximum atomic E-state index is 10.9. The number of aliphatic carboxylic acids is 1. The Morgan fingerprint density at radius 3 is 2.59 bits per heavy atom. The van der Waals surface area contributed by atoms with Crippen LogP contribution in [0.25, 0.3) is 11.0 Å². The molecule has 2 N–H and O–H groups in total. The lowest BCUT2D eigenvalue weighted by Gasteiger charge is -2.27. The van der Waals surface area contributed by atoms with Crippen LogP contribution in [-0.2, 0) is 4.79 Å². The zero-order valence-corrected chi connectivity index (χ0v) is 11.6.